The molecule has 3 aliphatic heterocycles. The van der Waals surface area contributed by atoms with Crippen molar-refractivity contribution in [3.05, 3.63) is 18.2 Å². The second kappa shape index (κ2) is 7.01. The number of likely N-dealkylation sites (tertiary alicyclic amines) is 1. The highest BCUT2D eigenvalue weighted by Gasteiger charge is 2.36. The van der Waals surface area contributed by atoms with Gasteiger partial charge in [-0.15, -0.1) is 0 Å². The van der Waals surface area contributed by atoms with Gasteiger partial charge in [0.2, 0.25) is 5.91 Å². The fraction of sp³-hybridized carbons (Fsp3) is 0.556. The largest absolute Gasteiger partial charge is 0.479 e. The second-order valence-corrected chi connectivity index (χ2v) is 6.75. The number of nitrogens with zero attached hydrogens (tertiary/aromatic N) is 1. The van der Waals surface area contributed by atoms with E-state index in [1.807, 2.05) is 6.07 Å². The van der Waals surface area contributed by atoms with Gasteiger partial charge in [0.1, 0.15) is 0 Å². The van der Waals surface area contributed by atoms with E-state index in [-0.39, 0.29) is 24.5 Å². The van der Waals surface area contributed by atoms with Crippen LogP contribution in [-0.2, 0) is 14.3 Å². The van der Waals surface area contributed by atoms with Crippen LogP contribution in [0.2, 0.25) is 0 Å². The number of ether oxygens (including phenoxy) is 2. The zero-order chi connectivity index (χ0) is 17.2. The number of nitrogens with one attached hydrogen (secondary N) is 2. The normalized spacial score (nSPS) is 24.3. The molecule has 4 rings (SSSR count). The number of hydrogen-bond acceptors (Lipinski definition) is 5. The molecule has 0 aliphatic carbocycles. The van der Waals surface area contributed by atoms with E-state index < -0.39 is 0 Å². The van der Waals surface area contributed by atoms with Crippen LogP contribution in [-0.4, -0.2) is 55.2 Å². The predicted molar refractivity (Wildman–Crippen MR) is 92.8 cm³/mol. The van der Waals surface area contributed by atoms with Crippen LogP contribution in [0.4, 0.5) is 11.4 Å². The number of fused-ring (bicyclic) bond motifs is 1. The third kappa shape index (κ3) is 3.34. The quantitative estimate of drug-likeness (QED) is 0.870. The molecule has 1 unspecified atom stereocenters. The fourth-order valence-corrected chi connectivity index (χ4v) is 3.95. The van der Waals surface area contributed by atoms with Crippen molar-refractivity contribution in [2.75, 3.05) is 37.0 Å². The predicted octanol–water partition coefficient (Wildman–Crippen LogP) is 1.60. The van der Waals surface area contributed by atoms with Crippen LogP contribution < -0.4 is 15.4 Å². The van der Waals surface area contributed by atoms with Gasteiger partial charge in [-0.25, -0.2) is 0 Å². The van der Waals surface area contributed by atoms with Crippen molar-refractivity contribution in [1.82, 2.24) is 4.90 Å². The number of amides is 2. The van der Waals surface area contributed by atoms with Crippen LogP contribution >= 0.6 is 0 Å². The smallest absolute Gasteiger partial charge is 0.262 e. The maximum Gasteiger partial charge on any atom is 0.262 e. The Hall–Kier alpha value is -2.12. The highest BCUT2D eigenvalue weighted by molar-refractivity contribution is 6.01. The molecule has 3 aliphatic rings. The van der Waals surface area contributed by atoms with Gasteiger partial charge in [-0.1, -0.05) is 6.07 Å². The Labute approximate surface area is 146 Å². The number of benzene rings is 1. The average Bonchev–Trinajstić information content (AvgIpc) is 3.12. The Morgan fingerprint density at radius 3 is 2.92 bits per heavy atom. The third-order valence-electron chi connectivity index (χ3n) is 5.15. The molecule has 7 heteroatoms. The maximum absolute atomic E-state index is 12.9. The Balaban J connectivity index is 1.48. The van der Waals surface area contributed by atoms with Gasteiger partial charge in [0, 0.05) is 19.3 Å². The van der Waals surface area contributed by atoms with Gasteiger partial charge in [0.25, 0.3) is 5.91 Å². The first-order valence-electron chi connectivity index (χ1n) is 8.92. The van der Waals surface area contributed by atoms with Gasteiger partial charge in [-0.2, -0.15) is 0 Å². The van der Waals surface area contributed by atoms with Crippen LogP contribution in [0.25, 0.3) is 0 Å². The lowest BCUT2D eigenvalue weighted by molar-refractivity contribution is -0.121. The molecule has 1 aromatic rings. The molecule has 2 N–H and O–H groups in total. The van der Waals surface area contributed by atoms with E-state index in [1.54, 1.807) is 12.1 Å². The molecule has 0 saturated carbocycles. The second-order valence-electron chi connectivity index (χ2n) is 6.75. The van der Waals surface area contributed by atoms with E-state index in [0.717, 1.165) is 45.4 Å². The summed E-state index contributed by atoms with van der Waals surface area (Å²) in [5.41, 5.74) is 1.21. The van der Waals surface area contributed by atoms with Crippen molar-refractivity contribution >= 4 is 23.2 Å². The average molecular weight is 345 g/mol. The van der Waals surface area contributed by atoms with Crippen molar-refractivity contribution in [1.29, 1.82) is 0 Å². The number of carbonyl (C=O) groups excluding carboxylic acids is 2. The topological polar surface area (TPSA) is 79.9 Å². The molecule has 1 atom stereocenters. The van der Waals surface area contributed by atoms with Crippen LogP contribution in [0, 0.1) is 0 Å². The minimum absolute atomic E-state index is 0.00195. The summed E-state index contributed by atoms with van der Waals surface area (Å²) in [4.78, 5) is 26.7. The van der Waals surface area contributed by atoms with Crippen LogP contribution in [0.3, 0.4) is 0 Å². The van der Waals surface area contributed by atoms with E-state index in [4.69, 9.17) is 9.47 Å². The summed E-state index contributed by atoms with van der Waals surface area (Å²) in [5, 5.41) is 5.77. The summed E-state index contributed by atoms with van der Waals surface area (Å²) in [7, 11) is 0. The molecule has 7 nitrogen and oxygen atoms in total. The molecule has 0 bridgehead atoms. The van der Waals surface area contributed by atoms with Crippen molar-refractivity contribution < 1.29 is 19.1 Å². The van der Waals surface area contributed by atoms with Crippen molar-refractivity contribution in [2.24, 2.45) is 0 Å². The third-order valence-corrected chi connectivity index (χ3v) is 5.15. The minimum atomic E-state index is -0.183. The summed E-state index contributed by atoms with van der Waals surface area (Å²) in [5.74, 6) is 0.349. The van der Waals surface area contributed by atoms with Crippen LogP contribution in [0.15, 0.2) is 18.2 Å². The van der Waals surface area contributed by atoms with Gasteiger partial charge in [0.05, 0.1) is 17.4 Å². The highest BCUT2D eigenvalue weighted by atomic mass is 16.5. The van der Waals surface area contributed by atoms with Gasteiger partial charge in [-0.3, -0.25) is 14.5 Å². The van der Waals surface area contributed by atoms with Crippen LogP contribution in [0.1, 0.15) is 25.7 Å². The summed E-state index contributed by atoms with van der Waals surface area (Å²) in [6.45, 7) is 2.48. The lowest BCUT2D eigenvalue weighted by Gasteiger charge is -2.34. The molecule has 0 spiro atoms. The van der Waals surface area contributed by atoms with Gasteiger partial charge in [-0.05, 0) is 44.4 Å². The Morgan fingerprint density at radius 2 is 2.08 bits per heavy atom. The summed E-state index contributed by atoms with van der Waals surface area (Å²) in [6.07, 6.45) is 3.88. The Kier molecular flexibility index (Phi) is 4.59. The molecule has 0 radical (unpaired) electrons. The monoisotopic (exact) mass is 345 g/mol. The van der Waals surface area contributed by atoms with E-state index in [1.165, 1.54) is 0 Å². The van der Waals surface area contributed by atoms with E-state index in [2.05, 4.69) is 15.5 Å². The molecule has 2 saturated heterocycles. The van der Waals surface area contributed by atoms with Gasteiger partial charge < -0.3 is 20.1 Å². The van der Waals surface area contributed by atoms with Gasteiger partial charge >= 0.3 is 0 Å². The molecule has 2 fully saturated rings. The molecule has 2 amide bonds. The molecule has 25 heavy (non-hydrogen) atoms. The number of anilines is 2. The first kappa shape index (κ1) is 16.4. The summed E-state index contributed by atoms with van der Waals surface area (Å²) >= 11 is 0. The molecule has 134 valence electrons. The molecule has 1 aromatic carbocycles. The Morgan fingerprint density at radius 1 is 1.24 bits per heavy atom. The number of rotatable bonds is 3. The van der Waals surface area contributed by atoms with Crippen molar-refractivity contribution in [3.8, 4) is 5.75 Å². The Bertz CT molecular complexity index is 672. The fourth-order valence-electron chi connectivity index (χ4n) is 3.95. The van der Waals surface area contributed by atoms with Crippen LogP contribution in [0.5, 0.6) is 5.75 Å². The number of hydrogen-bond donors (Lipinski definition) is 2. The molecule has 0 aromatic heterocycles. The number of carbonyl (C=O) groups is 2. The van der Waals surface area contributed by atoms with Crippen molar-refractivity contribution in [3.63, 3.8) is 0 Å². The zero-order valence-electron chi connectivity index (χ0n) is 14.1. The lowest BCUT2D eigenvalue weighted by atomic mass is 10.1. The lowest BCUT2D eigenvalue weighted by Crippen LogP contribution is -2.47. The standard InChI is InChI=1S/C18H23N3O4/c22-16-11-25-17-13(19-16)3-1-4-14(17)20-18(23)15-5-2-8-21(15)12-6-9-24-10-7-12/h1,3-4,12,15H,2,5-11H2,(H,19,22)(H,20,23). The maximum atomic E-state index is 12.9. The van der Waals surface area contributed by atoms with Crippen molar-refractivity contribution in [2.45, 2.75) is 37.8 Å². The minimum Gasteiger partial charge on any atom is -0.479 e. The summed E-state index contributed by atoms with van der Waals surface area (Å²) < 4.78 is 11.0. The van der Waals surface area contributed by atoms with Gasteiger partial charge in [0.15, 0.2) is 12.4 Å². The number of para-hydroxylation sites is 1. The first-order chi connectivity index (χ1) is 12.2. The van der Waals surface area contributed by atoms with E-state index in [9.17, 15) is 9.59 Å². The molecule has 3 heterocycles. The van der Waals surface area contributed by atoms with E-state index >= 15 is 0 Å². The molecular formula is C18H23N3O4. The molecular weight excluding hydrogens is 322 g/mol. The summed E-state index contributed by atoms with van der Waals surface area (Å²) in [6, 6.07) is 5.69. The first-order valence-corrected chi connectivity index (χ1v) is 8.92. The zero-order valence-corrected chi connectivity index (χ0v) is 14.1. The highest BCUT2D eigenvalue weighted by Crippen LogP contribution is 2.36. The SMILES string of the molecule is O=C1COc2c(cccc2NC(=O)C2CCCN2C2CCOCC2)N1. The van der Waals surface area contributed by atoms with E-state index in [0.29, 0.717) is 23.2 Å².